The number of benzene rings is 3. The highest BCUT2D eigenvalue weighted by atomic mass is 79.9. The lowest BCUT2D eigenvalue weighted by Gasteiger charge is -2.50. The first kappa shape index (κ1) is 34.8. The minimum atomic E-state index is -1.64. The molecule has 4 aliphatic rings. The van der Waals surface area contributed by atoms with E-state index in [1.807, 2.05) is 6.08 Å². The molecule has 2 heterocycles. The number of hydrazine groups is 1. The maximum absolute atomic E-state index is 15.3. The van der Waals surface area contributed by atoms with Gasteiger partial charge in [0, 0.05) is 10.9 Å². The third-order valence-electron chi connectivity index (χ3n) is 10.5. The number of allylic oxidation sites excluding steroid dienone is 2. The van der Waals surface area contributed by atoms with E-state index in [0.717, 1.165) is 12.1 Å². The first-order valence-electron chi connectivity index (χ1n) is 15.9. The summed E-state index contributed by atoms with van der Waals surface area (Å²) in [4.78, 5) is 70.8. The Kier molecular flexibility index (Phi) is 8.79. The van der Waals surface area contributed by atoms with Gasteiger partial charge in [-0.25, -0.2) is 4.79 Å². The molecular formula is C36H30BrCl2N3O9. The first-order valence-corrected chi connectivity index (χ1v) is 17.4. The minimum absolute atomic E-state index is 0.0168. The number of amides is 5. The number of likely N-dealkylation sites (tertiary alicyclic amines) is 1. The molecule has 15 heteroatoms. The maximum Gasteiger partial charge on any atom is 0.423 e. The maximum atomic E-state index is 15.3. The van der Waals surface area contributed by atoms with E-state index in [1.54, 1.807) is 48.5 Å². The van der Waals surface area contributed by atoms with Gasteiger partial charge in [-0.05, 0) is 88.3 Å². The molecule has 12 nitrogen and oxygen atoms in total. The van der Waals surface area contributed by atoms with E-state index in [2.05, 4.69) is 21.4 Å². The Labute approximate surface area is 310 Å². The van der Waals surface area contributed by atoms with Gasteiger partial charge in [0.1, 0.15) is 5.75 Å². The highest BCUT2D eigenvalue weighted by Gasteiger charge is 2.70. The van der Waals surface area contributed by atoms with E-state index in [0.29, 0.717) is 32.4 Å². The molecule has 2 aliphatic heterocycles. The van der Waals surface area contributed by atoms with Crippen molar-refractivity contribution in [3.63, 3.8) is 0 Å². The van der Waals surface area contributed by atoms with Crippen LogP contribution in [0.2, 0.25) is 10.0 Å². The van der Waals surface area contributed by atoms with Crippen molar-refractivity contribution in [2.24, 2.45) is 23.7 Å². The summed E-state index contributed by atoms with van der Waals surface area (Å²) in [5.41, 5.74) is 3.14. The van der Waals surface area contributed by atoms with E-state index >= 15 is 4.79 Å². The van der Waals surface area contributed by atoms with Crippen molar-refractivity contribution < 1.29 is 43.3 Å². The molecule has 0 radical (unpaired) electrons. The first-order chi connectivity index (χ1) is 24.4. The topological polar surface area (TPSA) is 152 Å². The van der Waals surface area contributed by atoms with Gasteiger partial charge in [0.05, 0.1) is 59.7 Å². The van der Waals surface area contributed by atoms with Crippen LogP contribution in [0, 0.1) is 23.7 Å². The van der Waals surface area contributed by atoms with Crippen LogP contribution in [0.1, 0.15) is 29.9 Å². The van der Waals surface area contributed by atoms with E-state index in [9.17, 15) is 24.3 Å². The Balaban J connectivity index is 1.49. The van der Waals surface area contributed by atoms with Gasteiger partial charge in [0.15, 0.2) is 11.5 Å². The molecule has 2 N–H and O–H groups in total. The fraction of sp³-hybridized carbons (Fsp3) is 0.306. The third-order valence-corrected chi connectivity index (χ3v) is 11.7. The summed E-state index contributed by atoms with van der Waals surface area (Å²) in [6, 6.07) is 14.7. The Bertz CT molecular complexity index is 2060. The zero-order chi connectivity index (χ0) is 36.5. The van der Waals surface area contributed by atoms with Gasteiger partial charge in [0.2, 0.25) is 11.8 Å². The second kappa shape index (κ2) is 12.9. The van der Waals surface area contributed by atoms with Crippen molar-refractivity contribution in [2.45, 2.75) is 24.2 Å². The highest BCUT2D eigenvalue weighted by molar-refractivity contribution is 9.10. The largest absolute Gasteiger partial charge is 0.503 e. The summed E-state index contributed by atoms with van der Waals surface area (Å²) in [6.07, 6.45) is 0.823. The number of methoxy groups -OCH3 is 3. The molecule has 2 aliphatic carbocycles. The van der Waals surface area contributed by atoms with Gasteiger partial charge in [-0.3, -0.25) is 24.6 Å². The lowest BCUT2D eigenvalue weighted by atomic mass is 9.49. The number of nitrogens with one attached hydrogen (secondary N) is 1. The molecule has 51 heavy (non-hydrogen) atoms. The van der Waals surface area contributed by atoms with Gasteiger partial charge >= 0.3 is 6.09 Å². The summed E-state index contributed by atoms with van der Waals surface area (Å²) < 4.78 is 16.0. The van der Waals surface area contributed by atoms with Crippen LogP contribution in [0.25, 0.3) is 0 Å². The van der Waals surface area contributed by atoms with Crippen molar-refractivity contribution in [1.29, 1.82) is 0 Å². The van der Waals surface area contributed by atoms with E-state index < -0.39 is 64.7 Å². The molecule has 3 fully saturated rings. The van der Waals surface area contributed by atoms with Crippen LogP contribution in [0.4, 0.5) is 10.5 Å². The monoisotopic (exact) mass is 797 g/mol. The number of aromatic hydroxyl groups is 1. The highest BCUT2D eigenvalue weighted by Crippen LogP contribution is 2.64. The number of anilines is 1. The lowest BCUT2D eigenvalue weighted by molar-refractivity contribution is -0.140. The Morgan fingerprint density at radius 3 is 2.31 bits per heavy atom. The standard InChI is InChI=1S/C36H30BrCl2N3O9/c1-49-19-7-4-17(5-8-19)36-23(32(45)42(34(36)47)40-26-11-6-18(38)14-25(26)39)15-22-20(29(36)16-12-24(37)30(43)27(13-16)50-2)9-10-21-28(22)33(46)41(31(21)44)35(48)51-3/h4-9,11-14,21-23,28-29,40,43H,10,15H2,1-3H3/t21-,22+,23-,28-,29-,36+/m0/s1. The number of phenolic OH excluding ortho intramolecular Hbond substituents is 1. The zero-order valence-electron chi connectivity index (χ0n) is 27.3. The van der Waals surface area contributed by atoms with E-state index in [4.69, 9.17) is 37.4 Å². The number of nitrogens with zero attached hydrogens (tertiary/aromatic N) is 2. The molecule has 0 unspecified atom stereocenters. The Hall–Kier alpha value is -4.59. The summed E-state index contributed by atoms with van der Waals surface area (Å²) in [7, 11) is 3.98. The normalized spacial score (nSPS) is 26.7. The summed E-state index contributed by atoms with van der Waals surface area (Å²) in [6.45, 7) is 0. The molecule has 3 aromatic carbocycles. The van der Waals surface area contributed by atoms with Crippen LogP contribution in [-0.4, -0.2) is 66.1 Å². The Morgan fingerprint density at radius 2 is 1.67 bits per heavy atom. The number of halogens is 3. The van der Waals surface area contributed by atoms with Crippen molar-refractivity contribution >= 4 is 74.5 Å². The number of hydrogen-bond donors (Lipinski definition) is 2. The molecule has 7 rings (SSSR count). The van der Waals surface area contributed by atoms with Crippen LogP contribution < -0.4 is 14.9 Å². The summed E-state index contributed by atoms with van der Waals surface area (Å²) >= 11 is 16.1. The quantitative estimate of drug-likeness (QED) is 0.217. The number of hydrogen-bond acceptors (Lipinski definition) is 10. The zero-order valence-corrected chi connectivity index (χ0v) is 30.4. The molecular weight excluding hydrogens is 769 g/mol. The predicted octanol–water partition coefficient (Wildman–Crippen LogP) is 6.23. The smallest absolute Gasteiger partial charge is 0.423 e. The molecule has 0 bridgehead atoms. The second-order valence-corrected chi connectivity index (χ2v) is 14.4. The van der Waals surface area contributed by atoms with Crippen LogP contribution in [0.15, 0.2) is 70.7 Å². The molecule has 1 saturated carbocycles. The van der Waals surface area contributed by atoms with Crippen LogP contribution >= 0.6 is 39.1 Å². The summed E-state index contributed by atoms with van der Waals surface area (Å²) in [5, 5.41) is 12.3. The van der Waals surface area contributed by atoms with Gasteiger partial charge in [-0.1, -0.05) is 47.0 Å². The van der Waals surface area contributed by atoms with Gasteiger partial charge in [-0.15, -0.1) is 0 Å². The molecule has 0 aromatic heterocycles. The number of carbonyl (C=O) groups is 5. The molecule has 5 amide bonds. The van der Waals surface area contributed by atoms with Gasteiger partial charge < -0.3 is 19.3 Å². The fourth-order valence-corrected chi connectivity index (χ4v) is 9.32. The van der Waals surface area contributed by atoms with Gasteiger partial charge in [0.25, 0.3) is 11.8 Å². The molecule has 264 valence electrons. The van der Waals surface area contributed by atoms with Gasteiger partial charge in [-0.2, -0.15) is 9.91 Å². The number of phenols is 1. The van der Waals surface area contributed by atoms with Crippen molar-refractivity contribution in [3.8, 4) is 17.2 Å². The molecule has 0 spiro atoms. The fourth-order valence-electron chi connectivity index (χ4n) is 8.41. The molecule has 6 atom stereocenters. The van der Waals surface area contributed by atoms with Crippen molar-refractivity contribution in [2.75, 3.05) is 26.8 Å². The van der Waals surface area contributed by atoms with Crippen LogP contribution in [-0.2, 0) is 29.3 Å². The molecule has 2 saturated heterocycles. The number of imide groups is 4. The minimum Gasteiger partial charge on any atom is -0.503 e. The number of carbonyl (C=O) groups excluding carboxylic acids is 5. The van der Waals surface area contributed by atoms with Crippen LogP contribution in [0.3, 0.4) is 0 Å². The third kappa shape index (κ3) is 5.11. The number of rotatable bonds is 6. The van der Waals surface area contributed by atoms with E-state index in [-0.39, 0.29) is 39.5 Å². The Morgan fingerprint density at radius 1 is 0.941 bits per heavy atom. The number of fused-ring (bicyclic) bond motifs is 4. The average Bonchev–Trinajstić information content (AvgIpc) is 3.50. The second-order valence-electron chi connectivity index (χ2n) is 12.7. The van der Waals surface area contributed by atoms with Crippen molar-refractivity contribution in [1.82, 2.24) is 9.91 Å². The summed E-state index contributed by atoms with van der Waals surface area (Å²) in [5.74, 6) is -6.85. The number of ether oxygens (including phenoxy) is 3. The van der Waals surface area contributed by atoms with E-state index in [1.165, 1.54) is 20.3 Å². The van der Waals surface area contributed by atoms with Crippen molar-refractivity contribution in [3.05, 3.63) is 91.9 Å². The lowest BCUT2D eigenvalue weighted by Crippen LogP contribution is -2.53. The average molecular weight is 799 g/mol. The van der Waals surface area contributed by atoms with Crippen LogP contribution in [0.5, 0.6) is 17.2 Å². The SMILES string of the molecule is COC(=O)N1C(=O)[C@H]2[C@H](CC=C3[C@H]2C[C@H]2C(=O)N(Nc4ccc(Cl)cc4Cl)C(=O)[C@@]2(c2ccc(OC)cc2)[C@H]3c2cc(Br)c(O)c(OC)c2)C1=O. The molecule has 3 aromatic rings. The predicted molar refractivity (Wildman–Crippen MR) is 187 cm³/mol.